The Morgan fingerprint density at radius 1 is 0.935 bits per heavy atom. The van der Waals surface area contributed by atoms with Crippen LogP contribution in [-0.2, 0) is 4.74 Å². The molecule has 0 radical (unpaired) electrons. The Hall–Kier alpha value is -3.91. The molecule has 0 aliphatic rings. The molecule has 0 aliphatic heterocycles. The van der Waals surface area contributed by atoms with Crippen molar-refractivity contribution in [2.45, 2.75) is 0 Å². The third-order valence-electron chi connectivity index (χ3n) is 4.70. The first kappa shape index (κ1) is 20.4. The van der Waals surface area contributed by atoms with Crippen LogP contribution >= 0.6 is 0 Å². The van der Waals surface area contributed by atoms with Gasteiger partial charge in [-0.1, -0.05) is 30.3 Å². The van der Waals surface area contributed by atoms with E-state index in [-0.39, 0.29) is 5.91 Å². The molecule has 0 saturated carbocycles. The summed E-state index contributed by atoms with van der Waals surface area (Å²) in [5.41, 5.74) is 3.38. The monoisotopic (exact) mass is 415 g/mol. The molecule has 0 aliphatic carbocycles. The summed E-state index contributed by atoms with van der Waals surface area (Å²) in [5, 5.41) is 8.20. The maximum Gasteiger partial charge on any atom is 0.268 e. The molecule has 8 nitrogen and oxygen atoms in total. The number of amides is 1. The van der Waals surface area contributed by atoms with Crippen molar-refractivity contribution in [2.24, 2.45) is 0 Å². The van der Waals surface area contributed by atoms with Gasteiger partial charge in [-0.3, -0.25) is 9.78 Å². The fraction of sp³-hybridized carbons (Fsp3) is 0.174. The first-order valence-corrected chi connectivity index (χ1v) is 9.72. The quantitative estimate of drug-likeness (QED) is 0.455. The molecule has 0 spiro atoms. The van der Waals surface area contributed by atoms with Crippen LogP contribution in [0.5, 0.6) is 0 Å². The van der Waals surface area contributed by atoms with E-state index in [0.717, 1.165) is 11.1 Å². The van der Waals surface area contributed by atoms with Crippen LogP contribution in [0.2, 0.25) is 0 Å². The Bertz CT molecular complexity index is 1160. The average molecular weight is 415 g/mol. The van der Waals surface area contributed by atoms with Gasteiger partial charge in [0.25, 0.3) is 11.8 Å². The minimum Gasteiger partial charge on any atom is -0.415 e. The van der Waals surface area contributed by atoms with Crippen LogP contribution in [-0.4, -0.2) is 58.3 Å². The van der Waals surface area contributed by atoms with Crippen molar-refractivity contribution in [1.82, 2.24) is 25.1 Å². The number of ether oxygens (including phenoxy) is 1. The molecule has 2 aromatic heterocycles. The van der Waals surface area contributed by atoms with Gasteiger partial charge in [-0.05, 0) is 24.3 Å². The van der Waals surface area contributed by atoms with Gasteiger partial charge in [-0.15, -0.1) is 10.2 Å². The zero-order valence-corrected chi connectivity index (χ0v) is 17.2. The Labute approximate surface area is 179 Å². The zero-order chi connectivity index (χ0) is 21.6. The van der Waals surface area contributed by atoms with Gasteiger partial charge in [0.15, 0.2) is 0 Å². The highest BCUT2D eigenvalue weighted by Crippen LogP contribution is 2.24. The number of methoxy groups -OCH3 is 1. The SMILES string of the molecule is COCCN(C)C(=O)c1ccc(-c2cncc(-c3nnc(-c4ccccc4)o3)n2)cc1. The van der Waals surface area contributed by atoms with Crippen LogP contribution in [0.15, 0.2) is 71.4 Å². The van der Waals surface area contributed by atoms with Gasteiger partial charge in [0.05, 0.1) is 24.7 Å². The van der Waals surface area contributed by atoms with Gasteiger partial charge >= 0.3 is 0 Å². The topological polar surface area (TPSA) is 94.2 Å². The normalized spacial score (nSPS) is 10.8. The van der Waals surface area contributed by atoms with Crippen molar-refractivity contribution in [2.75, 3.05) is 27.3 Å². The van der Waals surface area contributed by atoms with Crippen molar-refractivity contribution in [3.63, 3.8) is 0 Å². The molecule has 0 saturated heterocycles. The number of hydrogen-bond acceptors (Lipinski definition) is 7. The lowest BCUT2D eigenvalue weighted by atomic mass is 10.1. The molecular formula is C23H21N5O3. The van der Waals surface area contributed by atoms with Gasteiger partial charge in [-0.2, -0.15) is 0 Å². The highest BCUT2D eigenvalue weighted by Gasteiger charge is 2.14. The van der Waals surface area contributed by atoms with E-state index >= 15 is 0 Å². The van der Waals surface area contributed by atoms with Crippen LogP contribution < -0.4 is 0 Å². The molecule has 1 amide bonds. The Kier molecular flexibility index (Phi) is 6.09. The third kappa shape index (κ3) is 4.65. The van der Waals surface area contributed by atoms with E-state index in [9.17, 15) is 4.79 Å². The summed E-state index contributed by atoms with van der Waals surface area (Å²) in [6.07, 6.45) is 3.23. The lowest BCUT2D eigenvalue weighted by molar-refractivity contribution is 0.0744. The van der Waals surface area contributed by atoms with Crippen LogP contribution in [0.25, 0.3) is 34.3 Å². The summed E-state index contributed by atoms with van der Waals surface area (Å²) < 4.78 is 10.8. The van der Waals surface area contributed by atoms with Gasteiger partial charge < -0.3 is 14.1 Å². The molecular weight excluding hydrogens is 394 g/mol. The fourth-order valence-corrected chi connectivity index (χ4v) is 2.97. The van der Waals surface area contributed by atoms with E-state index < -0.39 is 0 Å². The van der Waals surface area contributed by atoms with Crippen molar-refractivity contribution in [3.8, 4) is 34.3 Å². The fourth-order valence-electron chi connectivity index (χ4n) is 2.97. The predicted octanol–water partition coefficient (Wildman–Crippen LogP) is 3.58. The van der Waals surface area contributed by atoms with E-state index in [2.05, 4.69) is 20.2 Å². The molecule has 0 N–H and O–H groups in total. The Balaban J connectivity index is 1.54. The zero-order valence-electron chi connectivity index (χ0n) is 17.2. The summed E-state index contributed by atoms with van der Waals surface area (Å²) in [4.78, 5) is 23.0. The summed E-state index contributed by atoms with van der Waals surface area (Å²) in [6.45, 7) is 1.02. The van der Waals surface area contributed by atoms with Crippen molar-refractivity contribution in [1.29, 1.82) is 0 Å². The lowest BCUT2D eigenvalue weighted by Gasteiger charge is -2.16. The summed E-state index contributed by atoms with van der Waals surface area (Å²) in [5.74, 6) is 0.644. The molecule has 2 heterocycles. The maximum absolute atomic E-state index is 12.5. The molecule has 4 rings (SSSR count). The third-order valence-corrected chi connectivity index (χ3v) is 4.70. The number of carbonyl (C=O) groups is 1. The van der Waals surface area contributed by atoms with E-state index in [0.29, 0.717) is 41.9 Å². The number of likely N-dealkylation sites (N-methyl/N-ethyl adjacent to an activating group) is 1. The van der Waals surface area contributed by atoms with Gasteiger partial charge in [-0.25, -0.2) is 4.98 Å². The van der Waals surface area contributed by atoms with Crippen LogP contribution in [0, 0.1) is 0 Å². The van der Waals surface area contributed by atoms with E-state index in [4.69, 9.17) is 9.15 Å². The minimum absolute atomic E-state index is 0.0669. The second-order valence-electron chi connectivity index (χ2n) is 6.86. The molecule has 8 heteroatoms. The van der Waals surface area contributed by atoms with Crippen LogP contribution in [0.3, 0.4) is 0 Å². The summed E-state index contributed by atoms with van der Waals surface area (Å²) in [7, 11) is 3.36. The Morgan fingerprint density at radius 3 is 2.39 bits per heavy atom. The molecule has 0 atom stereocenters. The first-order chi connectivity index (χ1) is 15.2. The highest BCUT2D eigenvalue weighted by atomic mass is 16.5. The molecule has 0 bridgehead atoms. The largest absolute Gasteiger partial charge is 0.415 e. The molecule has 31 heavy (non-hydrogen) atoms. The standard InChI is InChI=1S/C23H21N5O3/c1-28(12-13-30-2)23(29)18-10-8-16(9-11-18)19-14-24-15-20(25-19)22-27-26-21(31-22)17-6-4-3-5-7-17/h3-11,14-15H,12-13H2,1-2H3. The average Bonchev–Trinajstić information content (AvgIpc) is 3.33. The second kappa shape index (κ2) is 9.27. The van der Waals surface area contributed by atoms with E-state index in [1.165, 1.54) is 0 Å². The smallest absolute Gasteiger partial charge is 0.268 e. The van der Waals surface area contributed by atoms with Crippen molar-refractivity contribution < 1.29 is 13.9 Å². The van der Waals surface area contributed by atoms with Gasteiger partial charge in [0.2, 0.25) is 5.89 Å². The number of carbonyl (C=O) groups excluding carboxylic acids is 1. The number of aromatic nitrogens is 4. The number of rotatable bonds is 7. The lowest BCUT2D eigenvalue weighted by Crippen LogP contribution is -2.29. The summed E-state index contributed by atoms with van der Waals surface area (Å²) >= 11 is 0. The van der Waals surface area contributed by atoms with Crippen molar-refractivity contribution in [3.05, 3.63) is 72.6 Å². The molecule has 156 valence electrons. The maximum atomic E-state index is 12.5. The number of nitrogens with zero attached hydrogens (tertiary/aromatic N) is 5. The van der Waals surface area contributed by atoms with E-state index in [1.54, 1.807) is 43.6 Å². The van der Waals surface area contributed by atoms with Crippen LogP contribution in [0.4, 0.5) is 0 Å². The minimum atomic E-state index is -0.0669. The molecule has 0 unspecified atom stereocenters. The molecule has 0 fully saturated rings. The number of hydrogen-bond donors (Lipinski definition) is 0. The second-order valence-corrected chi connectivity index (χ2v) is 6.86. The van der Waals surface area contributed by atoms with E-state index in [1.807, 2.05) is 42.5 Å². The molecule has 2 aromatic carbocycles. The summed E-state index contributed by atoms with van der Waals surface area (Å²) in [6, 6.07) is 16.8. The van der Waals surface area contributed by atoms with Crippen LogP contribution in [0.1, 0.15) is 10.4 Å². The van der Waals surface area contributed by atoms with Gasteiger partial charge in [0, 0.05) is 37.4 Å². The van der Waals surface area contributed by atoms with Crippen molar-refractivity contribution >= 4 is 5.91 Å². The Morgan fingerprint density at radius 2 is 1.65 bits per heavy atom. The first-order valence-electron chi connectivity index (χ1n) is 9.72. The predicted molar refractivity (Wildman–Crippen MR) is 115 cm³/mol. The number of benzene rings is 2. The van der Waals surface area contributed by atoms with Gasteiger partial charge in [0.1, 0.15) is 5.69 Å². The highest BCUT2D eigenvalue weighted by molar-refractivity contribution is 5.94. The molecule has 4 aromatic rings.